The van der Waals surface area contributed by atoms with Crippen LogP contribution in [0, 0.1) is 0 Å². The Kier molecular flexibility index (Phi) is 4.75. The molecule has 1 aromatic carbocycles. The van der Waals surface area contributed by atoms with E-state index in [1.165, 1.54) is 0 Å². The van der Waals surface area contributed by atoms with Gasteiger partial charge < -0.3 is 15.4 Å². The molecule has 5 heteroatoms. The number of hydrogen-bond donors (Lipinski definition) is 2. The zero-order valence-corrected chi connectivity index (χ0v) is 12.2. The van der Waals surface area contributed by atoms with Crippen molar-refractivity contribution in [3.05, 3.63) is 42.7 Å². The molecule has 2 aromatic rings. The lowest BCUT2D eigenvalue weighted by molar-refractivity contribution is -0.142. The first-order chi connectivity index (χ1) is 10.0. The molecule has 0 fully saturated rings. The molecule has 0 aliphatic carbocycles. The standard InChI is InChI=1S/C16H21N3O2/c1-16(17,15(20)21)9-5-6-11-19-12-10-18-14(19)13-7-3-2-4-8-13/h2-4,7-8,10,12H,5-6,9,11,17H2,1H3,(H,20,21). The van der Waals surface area contributed by atoms with Crippen LogP contribution >= 0.6 is 0 Å². The largest absolute Gasteiger partial charge is 0.480 e. The molecule has 0 aliphatic heterocycles. The van der Waals surface area contributed by atoms with Crippen molar-refractivity contribution in [1.29, 1.82) is 0 Å². The van der Waals surface area contributed by atoms with E-state index in [0.29, 0.717) is 6.42 Å². The Labute approximate surface area is 124 Å². The van der Waals surface area contributed by atoms with Gasteiger partial charge in [-0.1, -0.05) is 30.3 Å². The Morgan fingerprint density at radius 1 is 1.33 bits per heavy atom. The second-order valence-corrected chi connectivity index (χ2v) is 5.49. The number of aromatic nitrogens is 2. The smallest absolute Gasteiger partial charge is 0.323 e. The molecule has 3 N–H and O–H groups in total. The number of aryl methyl sites for hydroxylation is 1. The maximum absolute atomic E-state index is 10.9. The van der Waals surface area contributed by atoms with Gasteiger partial charge in [0.25, 0.3) is 0 Å². The molecule has 0 spiro atoms. The Morgan fingerprint density at radius 3 is 2.71 bits per heavy atom. The lowest BCUT2D eigenvalue weighted by Crippen LogP contribution is -2.44. The number of rotatable bonds is 7. The van der Waals surface area contributed by atoms with Gasteiger partial charge in [0.05, 0.1) is 0 Å². The number of nitrogens with zero attached hydrogens (tertiary/aromatic N) is 2. The summed E-state index contributed by atoms with van der Waals surface area (Å²) in [7, 11) is 0. The molecule has 1 atom stereocenters. The summed E-state index contributed by atoms with van der Waals surface area (Å²) in [5, 5.41) is 8.98. The first-order valence-corrected chi connectivity index (χ1v) is 7.09. The van der Waals surface area contributed by atoms with Crippen LogP contribution in [-0.2, 0) is 11.3 Å². The summed E-state index contributed by atoms with van der Waals surface area (Å²) in [4.78, 5) is 15.3. The SMILES string of the molecule is CC(N)(CCCCn1ccnc1-c1ccccc1)C(=O)O. The number of carboxylic acids is 1. The minimum Gasteiger partial charge on any atom is -0.480 e. The van der Waals surface area contributed by atoms with E-state index in [1.807, 2.05) is 36.5 Å². The highest BCUT2D eigenvalue weighted by Gasteiger charge is 2.26. The molecule has 21 heavy (non-hydrogen) atoms. The van der Waals surface area contributed by atoms with E-state index in [-0.39, 0.29) is 0 Å². The molecular weight excluding hydrogens is 266 g/mol. The van der Waals surface area contributed by atoms with Gasteiger partial charge in [0, 0.05) is 24.5 Å². The van der Waals surface area contributed by atoms with E-state index in [4.69, 9.17) is 10.8 Å². The third-order valence-electron chi connectivity index (χ3n) is 3.58. The summed E-state index contributed by atoms with van der Waals surface area (Å²) in [6.07, 6.45) is 5.84. The second-order valence-electron chi connectivity index (χ2n) is 5.49. The van der Waals surface area contributed by atoms with Crippen LogP contribution < -0.4 is 5.73 Å². The monoisotopic (exact) mass is 287 g/mol. The first kappa shape index (κ1) is 15.3. The summed E-state index contributed by atoms with van der Waals surface area (Å²) in [5.74, 6) is -0.0144. The normalized spacial score (nSPS) is 13.8. The number of carbonyl (C=O) groups is 1. The highest BCUT2D eigenvalue weighted by molar-refractivity contribution is 5.77. The van der Waals surface area contributed by atoms with Gasteiger partial charge in [0.15, 0.2) is 0 Å². The van der Waals surface area contributed by atoms with Crippen molar-refractivity contribution in [1.82, 2.24) is 9.55 Å². The lowest BCUT2D eigenvalue weighted by Gasteiger charge is -2.18. The third kappa shape index (κ3) is 3.92. The Bertz CT molecular complexity index is 591. The van der Waals surface area contributed by atoms with Crippen molar-refractivity contribution in [3.63, 3.8) is 0 Å². The topological polar surface area (TPSA) is 81.1 Å². The predicted molar refractivity (Wildman–Crippen MR) is 81.7 cm³/mol. The van der Waals surface area contributed by atoms with Gasteiger partial charge in [0.1, 0.15) is 11.4 Å². The van der Waals surface area contributed by atoms with Crippen LogP contribution in [0.3, 0.4) is 0 Å². The fourth-order valence-corrected chi connectivity index (χ4v) is 2.22. The summed E-state index contributed by atoms with van der Waals surface area (Å²) in [5.41, 5.74) is 5.66. The molecule has 2 rings (SSSR count). The van der Waals surface area contributed by atoms with Gasteiger partial charge >= 0.3 is 5.97 Å². The van der Waals surface area contributed by atoms with Crippen LogP contribution in [0.2, 0.25) is 0 Å². The minimum atomic E-state index is -1.14. The number of unbranched alkanes of at least 4 members (excludes halogenated alkanes) is 1. The van der Waals surface area contributed by atoms with Gasteiger partial charge in [0.2, 0.25) is 0 Å². The van der Waals surface area contributed by atoms with Crippen molar-refractivity contribution in [2.24, 2.45) is 5.73 Å². The number of nitrogens with two attached hydrogens (primary N) is 1. The van der Waals surface area contributed by atoms with E-state index >= 15 is 0 Å². The van der Waals surface area contributed by atoms with Crippen LogP contribution in [0.15, 0.2) is 42.7 Å². The molecule has 1 aromatic heterocycles. The highest BCUT2D eigenvalue weighted by Crippen LogP contribution is 2.18. The summed E-state index contributed by atoms with van der Waals surface area (Å²) in [6.45, 7) is 2.36. The molecule has 0 aliphatic rings. The number of imidazole rings is 1. The zero-order valence-electron chi connectivity index (χ0n) is 12.2. The van der Waals surface area contributed by atoms with Gasteiger partial charge in [-0.25, -0.2) is 4.98 Å². The second kappa shape index (κ2) is 6.54. The van der Waals surface area contributed by atoms with Crippen molar-refractivity contribution in [3.8, 4) is 11.4 Å². The quantitative estimate of drug-likeness (QED) is 0.767. The van der Waals surface area contributed by atoms with Gasteiger partial charge in [-0.15, -0.1) is 0 Å². The Hall–Kier alpha value is -2.14. The summed E-state index contributed by atoms with van der Waals surface area (Å²) in [6, 6.07) is 10.0. The maximum Gasteiger partial charge on any atom is 0.323 e. The Balaban J connectivity index is 1.91. The number of aliphatic carboxylic acids is 1. The number of hydrogen-bond acceptors (Lipinski definition) is 3. The molecule has 1 unspecified atom stereocenters. The maximum atomic E-state index is 10.9. The fraction of sp³-hybridized carbons (Fsp3) is 0.375. The van der Waals surface area contributed by atoms with Gasteiger partial charge in [-0.2, -0.15) is 0 Å². The van der Waals surface area contributed by atoms with Gasteiger partial charge in [-0.05, 0) is 26.2 Å². The van der Waals surface area contributed by atoms with E-state index in [0.717, 1.165) is 30.8 Å². The molecule has 1 heterocycles. The van der Waals surface area contributed by atoms with Crippen molar-refractivity contribution in [2.75, 3.05) is 0 Å². The summed E-state index contributed by atoms with van der Waals surface area (Å²) >= 11 is 0. The molecule has 0 saturated carbocycles. The lowest BCUT2D eigenvalue weighted by atomic mass is 9.96. The molecular formula is C16H21N3O2. The van der Waals surface area contributed by atoms with Crippen molar-refractivity contribution < 1.29 is 9.90 Å². The van der Waals surface area contributed by atoms with Crippen molar-refractivity contribution >= 4 is 5.97 Å². The van der Waals surface area contributed by atoms with Crippen LogP contribution in [0.25, 0.3) is 11.4 Å². The van der Waals surface area contributed by atoms with Crippen LogP contribution in [0.1, 0.15) is 26.2 Å². The molecule has 0 amide bonds. The third-order valence-corrected chi connectivity index (χ3v) is 3.58. The molecule has 0 radical (unpaired) electrons. The molecule has 0 bridgehead atoms. The average Bonchev–Trinajstić information content (AvgIpc) is 2.93. The average molecular weight is 287 g/mol. The van der Waals surface area contributed by atoms with E-state index in [1.54, 1.807) is 13.1 Å². The van der Waals surface area contributed by atoms with E-state index < -0.39 is 11.5 Å². The Morgan fingerprint density at radius 2 is 2.05 bits per heavy atom. The molecule has 0 saturated heterocycles. The minimum absolute atomic E-state index is 0.470. The number of benzene rings is 1. The van der Waals surface area contributed by atoms with Crippen LogP contribution in [0.4, 0.5) is 0 Å². The highest BCUT2D eigenvalue weighted by atomic mass is 16.4. The zero-order chi connectivity index (χ0) is 15.3. The predicted octanol–water partition coefficient (Wildman–Crippen LogP) is 2.52. The van der Waals surface area contributed by atoms with Gasteiger partial charge in [-0.3, -0.25) is 4.79 Å². The summed E-state index contributed by atoms with van der Waals surface area (Å²) < 4.78 is 2.09. The fourth-order valence-electron chi connectivity index (χ4n) is 2.22. The van der Waals surface area contributed by atoms with E-state index in [2.05, 4.69) is 9.55 Å². The van der Waals surface area contributed by atoms with E-state index in [9.17, 15) is 4.79 Å². The first-order valence-electron chi connectivity index (χ1n) is 7.09. The van der Waals surface area contributed by atoms with Crippen LogP contribution in [0.5, 0.6) is 0 Å². The molecule has 5 nitrogen and oxygen atoms in total. The van der Waals surface area contributed by atoms with Crippen LogP contribution in [-0.4, -0.2) is 26.2 Å². The molecule has 112 valence electrons. The van der Waals surface area contributed by atoms with Crippen molar-refractivity contribution in [2.45, 2.75) is 38.3 Å². The number of carboxylic acid groups (broad SMARTS) is 1.